The second-order valence-corrected chi connectivity index (χ2v) is 3.84. The normalized spacial score (nSPS) is 21.3. The zero-order valence-electron chi connectivity index (χ0n) is 6.00. The highest BCUT2D eigenvalue weighted by atomic mass is 32.1. The number of nitrogens with zero attached hydrogens (tertiary/aromatic N) is 1. The van der Waals surface area contributed by atoms with Gasteiger partial charge in [0, 0.05) is 10.9 Å². The van der Waals surface area contributed by atoms with E-state index in [1.165, 1.54) is 10.4 Å². The van der Waals surface area contributed by atoms with Crippen LogP contribution >= 0.6 is 11.3 Å². The summed E-state index contributed by atoms with van der Waals surface area (Å²) in [7, 11) is 0. The molecule has 0 saturated heterocycles. The molecule has 2 rings (SSSR count). The Kier molecular flexibility index (Phi) is 1.45. The zero-order chi connectivity index (χ0) is 7.84. The highest BCUT2D eigenvalue weighted by Gasteiger charge is 2.21. The average Bonchev–Trinajstić information content (AvgIpc) is 2.53. The quantitative estimate of drug-likeness (QED) is 0.632. The molecule has 11 heavy (non-hydrogen) atoms. The number of hydrogen-bond donors (Lipinski definition) is 1. The molecule has 1 aliphatic carbocycles. The van der Waals surface area contributed by atoms with Crippen molar-refractivity contribution in [2.75, 3.05) is 0 Å². The molecule has 1 heterocycles. The van der Waals surface area contributed by atoms with E-state index in [1.807, 2.05) is 6.07 Å². The van der Waals surface area contributed by atoms with Crippen LogP contribution in [0, 0.1) is 11.3 Å². The highest BCUT2D eigenvalue weighted by molar-refractivity contribution is 7.12. The maximum Gasteiger partial charge on any atom is 0.110 e. The van der Waals surface area contributed by atoms with E-state index in [-0.39, 0.29) is 6.04 Å². The van der Waals surface area contributed by atoms with Gasteiger partial charge in [-0.2, -0.15) is 5.26 Å². The summed E-state index contributed by atoms with van der Waals surface area (Å²) < 4.78 is 0. The lowest BCUT2D eigenvalue weighted by molar-refractivity contribution is 0.720. The third kappa shape index (κ3) is 0.953. The molecule has 0 bridgehead atoms. The maximum absolute atomic E-state index is 8.60. The van der Waals surface area contributed by atoms with E-state index in [0.717, 1.165) is 17.7 Å². The summed E-state index contributed by atoms with van der Waals surface area (Å²) in [5, 5.41) is 8.60. The second-order valence-electron chi connectivity index (χ2n) is 2.76. The minimum Gasteiger partial charge on any atom is -0.323 e. The highest BCUT2D eigenvalue weighted by Crippen LogP contribution is 2.35. The van der Waals surface area contributed by atoms with Gasteiger partial charge in [0.25, 0.3) is 0 Å². The Morgan fingerprint density at radius 1 is 1.73 bits per heavy atom. The van der Waals surface area contributed by atoms with Gasteiger partial charge in [-0.3, -0.25) is 0 Å². The zero-order valence-corrected chi connectivity index (χ0v) is 6.82. The fourth-order valence-electron chi connectivity index (χ4n) is 1.45. The Bertz CT molecular complexity index is 321. The van der Waals surface area contributed by atoms with Crippen LogP contribution < -0.4 is 5.73 Å². The van der Waals surface area contributed by atoms with E-state index in [9.17, 15) is 0 Å². The average molecular weight is 164 g/mol. The van der Waals surface area contributed by atoms with E-state index in [1.54, 1.807) is 11.3 Å². The number of rotatable bonds is 0. The Hall–Kier alpha value is -0.850. The lowest BCUT2D eigenvalue weighted by atomic mass is 10.2. The van der Waals surface area contributed by atoms with Gasteiger partial charge in [0.2, 0.25) is 0 Å². The molecule has 1 atom stereocenters. The molecule has 2 N–H and O–H groups in total. The summed E-state index contributed by atoms with van der Waals surface area (Å²) in [6.45, 7) is 0. The van der Waals surface area contributed by atoms with E-state index in [4.69, 9.17) is 11.0 Å². The Labute approximate surface area is 69.3 Å². The summed E-state index contributed by atoms with van der Waals surface area (Å²) in [5.41, 5.74) is 7.11. The van der Waals surface area contributed by atoms with Gasteiger partial charge in [-0.25, -0.2) is 0 Å². The summed E-state index contributed by atoms with van der Waals surface area (Å²) in [6.07, 6.45) is 2.10. The van der Waals surface area contributed by atoms with Crippen LogP contribution in [0.15, 0.2) is 6.07 Å². The Balaban J connectivity index is 2.48. The van der Waals surface area contributed by atoms with Crippen LogP contribution in [0.3, 0.4) is 0 Å². The lowest BCUT2D eigenvalue weighted by Crippen LogP contribution is -2.03. The monoisotopic (exact) mass is 164 g/mol. The maximum atomic E-state index is 8.60. The molecule has 0 unspecified atom stereocenters. The smallest absolute Gasteiger partial charge is 0.110 e. The number of nitriles is 1. The van der Waals surface area contributed by atoms with Gasteiger partial charge in [-0.1, -0.05) is 0 Å². The molecule has 0 spiro atoms. The van der Waals surface area contributed by atoms with Crippen molar-refractivity contribution in [3.63, 3.8) is 0 Å². The minimum atomic E-state index is 0.192. The molecule has 0 aromatic carbocycles. The van der Waals surface area contributed by atoms with Crippen molar-refractivity contribution >= 4 is 11.3 Å². The van der Waals surface area contributed by atoms with Gasteiger partial charge in [-0.15, -0.1) is 11.3 Å². The van der Waals surface area contributed by atoms with Crippen LogP contribution in [0.1, 0.15) is 27.8 Å². The van der Waals surface area contributed by atoms with Crippen molar-refractivity contribution in [3.8, 4) is 6.07 Å². The standard InChI is InChI=1S/C8H8N2S/c9-4-6-3-5-1-2-7(10)8(5)11-6/h3,7H,1-2,10H2/t7-/m1/s1. The van der Waals surface area contributed by atoms with E-state index in [0.29, 0.717) is 0 Å². The molecule has 0 saturated carbocycles. The second kappa shape index (κ2) is 2.33. The van der Waals surface area contributed by atoms with Crippen molar-refractivity contribution < 1.29 is 0 Å². The van der Waals surface area contributed by atoms with E-state index >= 15 is 0 Å². The van der Waals surface area contributed by atoms with Crippen LogP contribution in [0.2, 0.25) is 0 Å². The SMILES string of the molecule is N#Cc1cc2c(s1)[C@H](N)CC2. The first-order chi connectivity index (χ1) is 5.31. The molecule has 0 aliphatic heterocycles. The van der Waals surface area contributed by atoms with Gasteiger partial charge in [-0.05, 0) is 24.5 Å². The van der Waals surface area contributed by atoms with Crippen molar-refractivity contribution in [1.29, 1.82) is 5.26 Å². The van der Waals surface area contributed by atoms with Gasteiger partial charge >= 0.3 is 0 Å². The summed E-state index contributed by atoms with van der Waals surface area (Å²) in [4.78, 5) is 2.02. The van der Waals surface area contributed by atoms with Gasteiger partial charge < -0.3 is 5.73 Å². The minimum absolute atomic E-state index is 0.192. The van der Waals surface area contributed by atoms with Crippen molar-refractivity contribution in [1.82, 2.24) is 0 Å². The first kappa shape index (κ1) is 6.84. The fraction of sp³-hybridized carbons (Fsp3) is 0.375. The molecular formula is C8H8N2S. The number of nitrogens with two attached hydrogens (primary N) is 1. The molecule has 2 nitrogen and oxygen atoms in total. The third-order valence-corrected chi connectivity index (χ3v) is 3.23. The molecular weight excluding hydrogens is 156 g/mol. The van der Waals surface area contributed by atoms with Crippen LogP contribution in [0.4, 0.5) is 0 Å². The first-order valence-corrected chi connectivity index (χ1v) is 4.41. The van der Waals surface area contributed by atoms with Crippen LogP contribution in [-0.4, -0.2) is 0 Å². The molecule has 0 amide bonds. The Morgan fingerprint density at radius 2 is 2.55 bits per heavy atom. The lowest BCUT2D eigenvalue weighted by Gasteiger charge is -1.97. The molecule has 3 heteroatoms. The topological polar surface area (TPSA) is 49.8 Å². The number of aryl methyl sites for hydroxylation is 1. The summed E-state index contributed by atoms with van der Waals surface area (Å²) in [5.74, 6) is 0. The van der Waals surface area contributed by atoms with Crippen molar-refractivity contribution in [2.45, 2.75) is 18.9 Å². The van der Waals surface area contributed by atoms with E-state index < -0.39 is 0 Å². The summed E-state index contributed by atoms with van der Waals surface area (Å²) >= 11 is 1.54. The van der Waals surface area contributed by atoms with Crippen molar-refractivity contribution in [2.24, 2.45) is 5.73 Å². The number of hydrogen-bond acceptors (Lipinski definition) is 3. The van der Waals surface area contributed by atoms with Gasteiger partial charge in [0.15, 0.2) is 0 Å². The van der Waals surface area contributed by atoms with Crippen molar-refractivity contribution in [3.05, 3.63) is 21.4 Å². The van der Waals surface area contributed by atoms with Gasteiger partial charge in [0.1, 0.15) is 10.9 Å². The predicted octanol–water partition coefficient (Wildman–Crippen LogP) is 1.57. The van der Waals surface area contributed by atoms with Crippen LogP contribution in [-0.2, 0) is 6.42 Å². The first-order valence-electron chi connectivity index (χ1n) is 3.59. The van der Waals surface area contributed by atoms with Crippen LogP contribution in [0.25, 0.3) is 0 Å². The molecule has 1 aromatic heterocycles. The molecule has 1 aliphatic rings. The summed E-state index contributed by atoms with van der Waals surface area (Å²) in [6, 6.07) is 4.30. The van der Waals surface area contributed by atoms with Crippen LogP contribution in [0.5, 0.6) is 0 Å². The van der Waals surface area contributed by atoms with Gasteiger partial charge in [0.05, 0.1) is 0 Å². The number of fused-ring (bicyclic) bond motifs is 1. The molecule has 1 aromatic rings. The van der Waals surface area contributed by atoms with E-state index in [2.05, 4.69) is 6.07 Å². The molecule has 0 fully saturated rings. The number of thiophene rings is 1. The third-order valence-electron chi connectivity index (χ3n) is 2.01. The molecule has 0 radical (unpaired) electrons. The fourth-order valence-corrected chi connectivity index (χ4v) is 2.49. The molecule has 56 valence electrons. The Morgan fingerprint density at radius 3 is 3.18 bits per heavy atom. The largest absolute Gasteiger partial charge is 0.323 e. The predicted molar refractivity (Wildman–Crippen MR) is 44.3 cm³/mol.